The summed E-state index contributed by atoms with van der Waals surface area (Å²) in [5.41, 5.74) is 0.670. The van der Waals surface area contributed by atoms with Crippen LogP contribution in [0.5, 0.6) is 0 Å². The summed E-state index contributed by atoms with van der Waals surface area (Å²) in [5, 5.41) is 12.5. The first-order valence-electron chi connectivity index (χ1n) is 9.16. The SMILES string of the molecule is COC[C@H](O)CN1CCN(Cc2nc(C(=O)Nc3ccc(F)cc3)co2)CC1. The first-order valence-corrected chi connectivity index (χ1v) is 9.16. The molecule has 0 spiro atoms. The number of aromatic nitrogens is 1. The Morgan fingerprint density at radius 3 is 2.64 bits per heavy atom. The van der Waals surface area contributed by atoms with Crippen LogP contribution >= 0.6 is 0 Å². The van der Waals surface area contributed by atoms with Gasteiger partial charge in [-0.15, -0.1) is 0 Å². The topological polar surface area (TPSA) is 91.1 Å². The average Bonchev–Trinajstić information content (AvgIpc) is 3.14. The van der Waals surface area contributed by atoms with Crippen molar-refractivity contribution >= 4 is 11.6 Å². The number of β-amino-alcohol motifs (C(OH)–C–C–N with tert-alkyl or cyclic N) is 1. The van der Waals surface area contributed by atoms with E-state index in [9.17, 15) is 14.3 Å². The van der Waals surface area contributed by atoms with Crippen molar-refractivity contribution in [1.29, 1.82) is 0 Å². The van der Waals surface area contributed by atoms with E-state index in [1.54, 1.807) is 7.11 Å². The predicted octanol–water partition coefficient (Wildman–Crippen LogP) is 1.19. The summed E-state index contributed by atoms with van der Waals surface area (Å²) < 4.78 is 23.3. The number of nitrogens with zero attached hydrogens (tertiary/aromatic N) is 3. The molecule has 9 heteroatoms. The monoisotopic (exact) mass is 392 g/mol. The quantitative estimate of drug-likeness (QED) is 0.697. The van der Waals surface area contributed by atoms with Gasteiger partial charge in [0.25, 0.3) is 5.91 Å². The maximum atomic E-state index is 12.9. The van der Waals surface area contributed by atoms with E-state index in [-0.39, 0.29) is 11.5 Å². The fraction of sp³-hybridized carbons (Fsp3) is 0.474. The number of amides is 1. The fourth-order valence-corrected chi connectivity index (χ4v) is 3.08. The van der Waals surface area contributed by atoms with Crippen molar-refractivity contribution in [2.24, 2.45) is 0 Å². The molecule has 1 fully saturated rings. The Balaban J connectivity index is 1.46. The number of halogens is 1. The van der Waals surface area contributed by atoms with Crippen molar-refractivity contribution in [3.8, 4) is 0 Å². The van der Waals surface area contributed by atoms with Crippen molar-refractivity contribution in [1.82, 2.24) is 14.8 Å². The molecule has 1 saturated heterocycles. The fourth-order valence-electron chi connectivity index (χ4n) is 3.08. The highest BCUT2D eigenvalue weighted by atomic mass is 19.1. The van der Waals surface area contributed by atoms with Crippen molar-refractivity contribution in [3.63, 3.8) is 0 Å². The van der Waals surface area contributed by atoms with Crippen LogP contribution in [0, 0.1) is 5.82 Å². The van der Waals surface area contributed by atoms with Crippen LogP contribution in [-0.4, -0.2) is 78.3 Å². The van der Waals surface area contributed by atoms with Gasteiger partial charge in [0.1, 0.15) is 12.1 Å². The molecule has 1 aromatic carbocycles. The molecule has 0 unspecified atom stereocenters. The zero-order valence-electron chi connectivity index (χ0n) is 15.8. The molecule has 2 N–H and O–H groups in total. The van der Waals surface area contributed by atoms with Gasteiger partial charge in [-0.2, -0.15) is 0 Å². The third-order valence-corrected chi connectivity index (χ3v) is 4.54. The third-order valence-electron chi connectivity index (χ3n) is 4.54. The van der Waals surface area contributed by atoms with Crippen molar-refractivity contribution in [2.45, 2.75) is 12.6 Å². The second kappa shape index (κ2) is 9.74. The molecule has 3 rings (SSSR count). The Kier molecular flexibility index (Phi) is 7.10. The summed E-state index contributed by atoms with van der Waals surface area (Å²) in [7, 11) is 1.58. The molecule has 2 aromatic rings. The van der Waals surface area contributed by atoms with Crippen LogP contribution in [0.2, 0.25) is 0 Å². The highest BCUT2D eigenvalue weighted by molar-refractivity contribution is 6.02. The van der Waals surface area contributed by atoms with Gasteiger partial charge in [-0.05, 0) is 24.3 Å². The number of ether oxygens (including phenoxy) is 1. The highest BCUT2D eigenvalue weighted by Gasteiger charge is 2.21. The summed E-state index contributed by atoms with van der Waals surface area (Å²) in [4.78, 5) is 20.8. The van der Waals surface area contributed by atoms with E-state index in [1.165, 1.54) is 30.5 Å². The summed E-state index contributed by atoms with van der Waals surface area (Å²) in [6.07, 6.45) is 0.844. The lowest BCUT2D eigenvalue weighted by Crippen LogP contribution is -2.48. The average molecular weight is 392 g/mol. The number of rotatable bonds is 8. The van der Waals surface area contributed by atoms with E-state index in [0.717, 1.165) is 26.2 Å². The zero-order valence-corrected chi connectivity index (χ0v) is 15.8. The molecule has 0 bridgehead atoms. The Morgan fingerprint density at radius 1 is 1.29 bits per heavy atom. The summed E-state index contributed by atoms with van der Waals surface area (Å²) in [6.45, 7) is 4.74. The number of hydrogen-bond acceptors (Lipinski definition) is 7. The van der Waals surface area contributed by atoms with E-state index in [1.807, 2.05) is 0 Å². The molecular weight excluding hydrogens is 367 g/mol. The molecule has 1 aliphatic rings. The normalized spacial score (nSPS) is 16.8. The maximum absolute atomic E-state index is 12.9. The standard InChI is InChI=1S/C19H25FN4O4/c1-27-12-16(25)10-23-6-8-24(9-7-23)11-18-22-17(13-28-18)19(26)21-15-4-2-14(20)3-5-15/h2-5,13,16,25H,6-12H2,1H3,(H,21,26)/t16-/m1/s1. The van der Waals surface area contributed by atoms with Gasteiger partial charge in [0.15, 0.2) is 5.69 Å². The van der Waals surface area contributed by atoms with Gasteiger partial charge in [-0.3, -0.25) is 14.6 Å². The predicted molar refractivity (Wildman–Crippen MR) is 100 cm³/mol. The molecule has 152 valence electrons. The van der Waals surface area contributed by atoms with Crippen LogP contribution < -0.4 is 5.32 Å². The van der Waals surface area contributed by atoms with Crippen LogP contribution in [0.25, 0.3) is 0 Å². The van der Waals surface area contributed by atoms with E-state index in [4.69, 9.17) is 9.15 Å². The Bertz CT molecular complexity index is 760. The molecule has 2 heterocycles. The number of methoxy groups -OCH3 is 1. The first-order chi connectivity index (χ1) is 13.5. The van der Waals surface area contributed by atoms with E-state index in [2.05, 4.69) is 20.1 Å². The molecule has 0 radical (unpaired) electrons. The lowest BCUT2D eigenvalue weighted by Gasteiger charge is -2.34. The molecule has 0 aliphatic carbocycles. The second-order valence-electron chi connectivity index (χ2n) is 6.77. The summed E-state index contributed by atoms with van der Waals surface area (Å²) in [6, 6.07) is 5.52. The molecular formula is C19H25FN4O4. The maximum Gasteiger partial charge on any atom is 0.277 e. The minimum atomic E-state index is -0.481. The number of aliphatic hydroxyl groups is 1. The number of aliphatic hydroxyl groups excluding tert-OH is 1. The number of anilines is 1. The highest BCUT2D eigenvalue weighted by Crippen LogP contribution is 2.13. The third kappa shape index (κ3) is 5.83. The number of nitrogens with one attached hydrogen (secondary N) is 1. The van der Waals surface area contributed by atoms with Crippen molar-refractivity contribution < 1.29 is 23.4 Å². The molecule has 1 aliphatic heterocycles. The Morgan fingerprint density at radius 2 is 1.96 bits per heavy atom. The lowest BCUT2D eigenvalue weighted by molar-refractivity contribution is 0.0221. The van der Waals surface area contributed by atoms with Gasteiger partial charge < -0.3 is 19.6 Å². The van der Waals surface area contributed by atoms with Crippen LogP contribution in [-0.2, 0) is 11.3 Å². The Hall–Kier alpha value is -2.33. The van der Waals surface area contributed by atoms with E-state index in [0.29, 0.717) is 31.3 Å². The van der Waals surface area contributed by atoms with Crippen LogP contribution in [0.3, 0.4) is 0 Å². The minimum Gasteiger partial charge on any atom is -0.447 e. The van der Waals surface area contributed by atoms with Gasteiger partial charge in [-0.25, -0.2) is 9.37 Å². The number of carbonyl (C=O) groups is 1. The molecule has 8 nitrogen and oxygen atoms in total. The first kappa shape index (κ1) is 20.4. The molecule has 1 atom stereocenters. The number of benzene rings is 1. The van der Waals surface area contributed by atoms with Gasteiger partial charge in [0.2, 0.25) is 5.89 Å². The Labute approximate surface area is 162 Å². The van der Waals surface area contributed by atoms with Crippen LogP contribution in [0.15, 0.2) is 34.9 Å². The van der Waals surface area contributed by atoms with E-state index < -0.39 is 12.0 Å². The van der Waals surface area contributed by atoms with Gasteiger partial charge in [0, 0.05) is 45.5 Å². The zero-order chi connectivity index (χ0) is 19.9. The van der Waals surface area contributed by atoms with Crippen molar-refractivity contribution in [3.05, 3.63) is 47.9 Å². The van der Waals surface area contributed by atoms with Gasteiger partial charge in [-0.1, -0.05) is 0 Å². The number of hydrogen-bond donors (Lipinski definition) is 2. The number of piperazine rings is 1. The molecule has 0 saturated carbocycles. The second-order valence-corrected chi connectivity index (χ2v) is 6.77. The molecule has 1 amide bonds. The summed E-state index contributed by atoms with van der Waals surface area (Å²) >= 11 is 0. The van der Waals surface area contributed by atoms with Gasteiger partial charge in [0.05, 0.1) is 19.3 Å². The minimum absolute atomic E-state index is 0.181. The smallest absolute Gasteiger partial charge is 0.277 e. The van der Waals surface area contributed by atoms with Gasteiger partial charge >= 0.3 is 0 Å². The van der Waals surface area contributed by atoms with Crippen LogP contribution in [0.4, 0.5) is 10.1 Å². The largest absolute Gasteiger partial charge is 0.447 e. The number of carbonyl (C=O) groups excluding carboxylic acids is 1. The van der Waals surface area contributed by atoms with Crippen molar-refractivity contribution in [2.75, 3.05) is 51.8 Å². The summed E-state index contributed by atoms with van der Waals surface area (Å²) in [5.74, 6) is -0.300. The number of oxazole rings is 1. The molecule has 28 heavy (non-hydrogen) atoms. The van der Waals surface area contributed by atoms with E-state index >= 15 is 0 Å². The molecule has 1 aromatic heterocycles. The van der Waals surface area contributed by atoms with Crippen LogP contribution in [0.1, 0.15) is 16.4 Å². The lowest BCUT2D eigenvalue weighted by atomic mass is 10.2.